The molecule has 0 radical (unpaired) electrons. The van der Waals surface area contributed by atoms with Gasteiger partial charge in [0.15, 0.2) is 5.84 Å². The molecule has 1 aromatic heterocycles. The summed E-state index contributed by atoms with van der Waals surface area (Å²) in [5.41, 5.74) is 8.34. The van der Waals surface area contributed by atoms with Gasteiger partial charge in [-0.1, -0.05) is 5.16 Å². The number of nitrogens with one attached hydrogen (secondary N) is 1. The van der Waals surface area contributed by atoms with Crippen LogP contribution in [0, 0.1) is 13.8 Å². The van der Waals surface area contributed by atoms with Crippen LogP contribution in [0.4, 0.5) is 5.69 Å². The van der Waals surface area contributed by atoms with E-state index in [9.17, 15) is 4.79 Å². The normalized spacial score (nSPS) is 11.2. The summed E-state index contributed by atoms with van der Waals surface area (Å²) in [5, 5.41) is 22.1. The Kier molecular flexibility index (Phi) is 4.13. The molecule has 0 atom stereocenters. The lowest BCUT2D eigenvalue weighted by Gasteiger charge is -2.08. The molecule has 0 saturated heterocycles. The van der Waals surface area contributed by atoms with Gasteiger partial charge in [-0.05, 0) is 44.2 Å². The highest BCUT2D eigenvalue weighted by atomic mass is 16.4. The fraction of sp³-hybridized carbons (Fsp3) is 0.143. The third-order valence-electron chi connectivity index (χ3n) is 2.89. The van der Waals surface area contributed by atoms with Crippen molar-refractivity contribution in [3.8, 4) is 0 Å². The van der Waals surface area contributed by atoms with Gasteiger partial charge in [0.25, 0.3) is 5.91 Å². The van der Waals surface area contributed by atoms with Crippen LogP contribution in [0.25, 0.3) is 0 Å². The van der Waals surface area contributed by atoms with E-state index in [2.05, 4.69) is 20.7 Å². The molecule has 7 nitrogen and oxygen atoms in total. The number of benzene rings is 1. The molecule has 7 heteroatoms. The predicted octanol–water partition coefficient (Wildman–Crippen LogP) is 1.44. The Balaban J connectivity index is 2.18. The molecule has 0 bridgehead atoms. The number of carbonyl (C=O) groups is 1. The van der Waals surface area contributed by atoms with E-state index in [-0.39, 0.29) is 11.7 Å². The lowest BCUT2D eigenvalue weighted by Crippen LogP contribution is -2.16. The Morgan fingerprint density at radius 1 is 1.24 bits per heavy atom. The Bertz CT molecular complexity index is 695. The van der Waals surface area contributed by atoms with E-state index in [1.165, 1.54) is 0 Å². The van der Waals surface area contributed by atoms with E-state index < -0.39 is 0 Å². The first kappa shape index (κ1) is 14.4. The summed E-state index contributed by atoms with van der Waals surface area (Å²) in [6.07, 6.45) is 0. The highest BCUT2D eigenvalue weighted by Gasteiger charge is 2.11. The molecular weight excluding hydrogens is 270 g/mol. The standard InChI is InChI=1S/C14H15N5O2/c1-8-7-12(9(2)18-17-8)14(20)16-11-5-3-10(4-6-11)13(15)19-21/h3-7,21H,1-2H3,(H2,15,19)(H,16,20). The highest BCUT2D eigenvalue weighted by Crippen LogP contribution is 2.13. The molecule has 2 aromatic rings. The minimum absolute atomic E-state index is 0.0117. The number of oxime groups is 1. The van der Waals surface area contributed by atoms with Crippen LogP contribution in [-0.2, 0) is 0 Å². The monoisotopic (exact) mass is 285 g/mol. The molecule has 0 aliphatic heterocycles. The number of aryl methyl sites for hydroxylation is 2. The largest absolute Gasteiger partial charge is 0.409 e. The van der Waals surface area contributed by atoms with Crippen molar-refractivity contribution in [2.75, 3.05) is 5.32 Å². The van der Waals surface area contributed by atoms with Crippen LogP contribution in [0.5, 0.6) is 0 Å². The second-order valence-electron chi connectivity index (χ2n) is 4.50. The quantitative estimate of drug-likeness (QED) is 0.342. The van der Waals surface area contributed by atoms with E-state index in [1.807, 2.05) is 0 Å². The van der Waals surface area contributed by atoms with Crippen LogP contribution < -0.4 is 11.1 Å². The summed E-state index contributed by atoms with van der Waals surface area (Å²) in [5.74, 6) is -0.250. The SMILES string of the molecule is Cc1cc(C(=O)Nc2ccc(/C(N)=N/O)cc2)c(C)nn1. The van der Waals surface area contributed by atoms with Crippen molar-refractivity contribution in [2.24, 2.45) is 10.9 Å². The van der Waals surface area contributed by atoms with Crippen LogP contribution >= 0.6 is 0 Å². The van der Waals surface area contributed by atoms with Crippen molar-refractivity contribution in [3.63, 3.8) is 0 Å². The summed E-state index contributed by atoms with van der Waals surface area (Å²) in [7, 11) is 0. The highest BCUT2D eigenvalue weighted by molar-refractivity contribution is 6.05. The van der Waals surface area contributed by atoms with Crippen LogP contribution in [0.2, 0.25) is 0 Å². The molecule has 0 unspecified atom stereocenters. The molecule has 1 amide bonds. The van der Waals surface area contributed by atoms with Crippen molar-refractivity contribution in [1.82, 2.24) is 10.2 Å². The summed E-state index contributed by atoms with van der Waals surface area (Å²) in [4.78, 5) is 12.2. The molecule has 1 aromatic carbocycles. The number of amidine groups is 1. The molecule has 2 rings (SSSR count). The second kappa shape index (κ2) is 6.00. The smallest absolute Gasteiger partial charge is 0.257 e. The van der Waals surface area contributed by atoms with E-state index in [0.717, 1.165) is 0 Å². The van der Waals surface area contributed by atoms with Gasteiger partial charge in [-0.15, -0.1) is 0 Å². The molecule has 0 aliphatic rings. The zero-order chi connectivity index (χ0) is 15.4. The second-order valence-corrected chi connectivity index (χ2v) is 4.50. The molecule has 0 saturated carbocycles. The molecule has 4 N–H and O–H groups in total. The number of nitrogens with two attached hydrogens (primary N) is 1. The van der Waals surface area contributed by atoms with E-state index in [0.29, 0.717) is 28.2 Å². The van der Waals surface area contributed by atoms with Gasteiger partial charge in [0, 0.05) is 11.3 Å². The maximum absolute atomic E-state index is 12.2. The zero-order valence-electron chi connectivity index (χ0n) is 11.7. The average molecular weight is 285 g/mol. The van der Waals surface area contributed by atoms with Crippen molar-refractivity contribution >= 4 is 17.4 Å². The first-order valence-corrected chi connectivity index (χ1v) is 6.21. The average Bonchev–Trinajstić information content (AvgIpc) is 2.49. The predicted molar refractivity (Wildman–Crippen MR) is 78.4 cm³/mol. The third kappa shape index (κ3) is 3.33. The van der Waals surface area contributed by atoms with Crippen molar-refractivity contribution in [3.05, 3.63) is 52.8 Å². The number of aromatic nitrogens is 2. The summed E-state index contributed by atoms with van der Waals surface area (Å²) >= 11 is 0. The zero-order valence-corrected chi connectivity index (χ0v) is 11.7. The summed E-state index contributed by atoms with van der Waals surface area (Å²) in [6, 6.07) is 8.31. The fourth-order valence-corrected chi connectivity index (χ4v) is 1.76. The molecule has 108 valence electrons. The van der Waals surface area contributed by atoms with Crippen LogP contribution in [0.3, 0.4) is 0 Å². The van der Waals surface area contributed by atoms with E-state index in [1.54, 1.807) is 44.2 Å². The van der Waals surface area contributed by atoms with Gasteiger partial charge >= 0.3 is 0 Å². The minimum Gasteiger partial charge on any atom is -0.409 e. The fourth-order valence-electron chi connectivity index (χ4n) is 1.76. The first-order chi connectivity index (χ1) is 10.0. The van der Waals surface area contributed by atoms with Gasteiger partial charge in [-0.2, -0.15) is 10.2 Å². The van der Waals surface area contributed by atoms with Crippen LogP contribution in [-0.4, -0.2) is 27.1 Å². The maximum Gasteiger partial charge on any atom is 0.257 e. The van der Waals surface area contributed by atoms with Crippen LogP contribution in [0.15, 0.2) is 35.5 Å². The number of anilines is 1. The van der Waals surface area contributed by atoms with Gasteiger partial charge in [-0.25, -0.2) is 0 Å². The van der Waals surface area contributed by atoms with Gasteiger partial charge in [0.2, 0.25) is 0 Å². The number of rotatable bonds is 3. The van der Waals surface area contributed by atoms with E-state index in [4.69, 9.17) is 10.9 Å². The number of amides is 1. The number of carbonyl (C=O) groups excluding carboxylic acids is 1. The molecule has 0 aliphatic carbocycles. The number of nitrogens with zero attached hydrogens (tertiary/aromatic N) is 3. The van der Waals surface area contributed by atoms with Crippen molar-refractivity contribution in [2.45, 2.75) is 13.8 Å². The van der Waals surface area contributed by atoms with Crippen molar-refractivity contribution < 1.29 is 10.0 Å². The molecule has 0 spiro atoms. The first-order valence-electron chi connectivity index (χ1n) is 6.21. The molecular formula is C14H15N5O2. The third-order valence-corrected chi connectivity index (χ3v) is 2.89. The topological polar surface area (TPSA) is 113 Å². The number of hydrogen-bond donors (Lipinski definition) is 3. The summed E-state index contributed by atoms with van der Waals surface area (Å²) in [6.45, 7) is 3.50. The Morgan fingerprint density at radius 3 is 2.52 bits per heavy atom. The Labute approximate surface area is 121 Å². The van der Waals surface area contributed by atoms with Crippen molar-refractivity contribution in [1.29, 1.82) is 0 Å². The lowest BCUT2D eigenvalue weighted by molar-refractivity contribution is 0.102. The van der Waals surface area contributed by atoms with Gasteiger partial charge < -0.3 is 16.3 Å². The van der Waals surface area contributed by atoms with Gasteiger partial charge in [0.05, 0.1) is 17.0 Å². The molecule has 0 fully saturated rings. The van der Waals surface area contributed by atoms with Crippen LogP contribution in [0.1, 0.15) is 27.3 Å². The molecule has 1 heterocycles. The molecule has 21 heavy (non-hydrogen) atoms. The Morgan fingerprint density at radius 2 is 1.90 bits per heavy atom. The van der Waals surface area contributed by atoms with Gasteiger partial charge in [0.1, 0.15) is 0 Å². The summed E-state index contributed by atoms with van der Waals surface area (Å²) < 4.78 is 0. The minimum atomic E-state index is -0.262. The number of hydrogen-bond acceptors (Lipinski definition) is 5. The Hall–Kier alpha value is -2.96. The van der Waals surface area contributed by atoms with E-state index >= 15 is 0 Å². The lowest BCUT2D eigenvalue weighted by atomic mass is 10.1. The maximum atomic E-state index is 12.2. The van der Waals surface area contributed by atoms with Gasteiger partial charge in [-0.3, -0.25) is 4.79 Å².